The van der Waals surface area contributed by atoms with Gasteiger partial charge in [-0.25, -0.2) is 4.79 Å². The van der Waals surface area contributed by atoms with E-state index in [2.05, 4.69) is 40.2 Å². The van der Waals surface area contributed by atoms with E-state index in [0.717, 1.165) is 19.4 Å². The largest absolute Gasteiger partial charge is 0.341 e. The van der Waals surface area contributed by atoms with Crippen molar-refractivity contribution in [1.82, 2.24) is 16.0 Å². The molecule has 4 heteroatoms. The van der Waals surface area contributed by atoms with Crippen LogP contribution < -0.4 is 16.0 Å². The van der Waals surface area contributed by atoms with Crippen molar-refractivity contribution < 1.29 is 4.79 Å². The number of rotatable bonds is 2. The fourth-order valence-electron chi connectivity index (χ4n) is 2.21. The number of hydrogen-bond donors (Lipinski definition) is 3. The minimum atomic E-state index is -0.102. The van der Waals surface area contributed by atoms with E-state index < -0.39 is 0 Å². The average Bonchev–Trinajstić information content (AvgIpc) is 2.40. The summed E-state index contributed by atoms with van der Waals surface area (Å²) in [6.45, 7) is 0.826. The van der Waals surface area contributed by atoms with Gasteiger partial charge in [-0.3, -0.25) is 0 Å². The maximum Gasteiger partial charge on any atom is 0.314 e. The first-order chi connectivity index (χ1) is 8.29. The predicted octanol–water partition coefficient (Wildman–Crippen LogP) is 1.41. The van der Waals surface area contributed by atoms with Gasteiger partial charge in [0.25, 0.3) is 0 Å². The highest BCUT2D eigenvalue weighted by Gasteiger charge is 2.22. The molecule has 1 fully saturated rings. The Morgan fingerprint density at radius 3 is 2.65 bits per heavy atom. The Labute approximate surface area is 102 Å². The Morgan fingerprint density at radius 1 is 1.29 bits per heavy atom. The van der Waals surface area contributed by atoms with E-state index in [1.54, 1.807) is 7.05 Å². The monoisotopic (exact) mass is 233 g/mol. The van der Waals surface area contributed by atoms with Crippen molar-refractivity contribution in [3.8, 4) is 0 Å². The molecular weight excluding hydrogens is 214 g/mol. The second kappa shape index (κ2) is 5.68. The summed E-state index contributed by atoms with van der Waals surface area (Å²) in [5.74, 6) is 0. The van der Waals surface area contributed by atoms with Crippen molar-refractivity contribution in [2.45, 2.75) is 24.9 Å². The lowest BCUT2D eigenvalue weighted by molar-refractivity contribution is 0.233. The van der Waals surface area contributed by atoms with E-state index in [0.29, 0.717) is 6.04 Å². The number of nitrogens with one attached hydrogen (secondary N) is 3. The summed E-state index contributed by atoms with van der Waals surface area (Å²) in [4.78, 5) is 11.2. The summed E-state index contributed by atoms with van der Waals surface area (Å²) in [7, 11) is 1.64. The Hall–Kier alpha value is -1.55. The van der Waals surface area contributed by atoms with Gasteiger partial charge in [0.1, 0.15) is 0 Å². The fourth-order valence-corrected chi connectivity index (χ4v) is 2.21. The van der Waals surface area contributed by atoms with Crippen molar-refractivity contribution in [3.05, 3.63) is 35.9 Å². The van der Waals surface area contributed by atoms with Crippen molar-refractivity contribution in [2.24, 2.45) is 0 Å². The quantitative estimate of drug-likeness (QED) is 0.723. The molecule has 2 atom stereocenters. The number of carbonyl (C=O) groups excluding carboxylic acids is 1. The topological polar surface area (TPSA) is 53.2 Å². The van der Waals surface area contributed by atoms with Gasteiger partial charge in [0, 0.05) is 25.7 Å². The zero-order valence-corrected chi connectivity index (χ0v) is 10.1. The lowest BCUT2D eigenvalue weighted by atomic mass is 9.95. The summed E-state index contributed by atoms with van der Waals surface area (Å²) < 4.78 is 0. The average molecular weight is 233 g/mol. The molecule has 0 saturated carbocycles. The van der Waals surface area contributed by atoms with Gasteiger partial charge < -0.3 is 16.0 Å². The number of hydrogen-bond acceptors (Lipinski definition) is 2. The maximum atomic E-state index is 11.2. The molecule has 1 heterocycles. The van der Waals surface area contributed by atoms with Crippen LogP contribution in [0.4, 0.5) is 4.79 Å². The van der Waals surface area contributed by atoms with Crippen LogP contribution in [0, 0.1) is 0 Å². The van der Waals surface area contributed by atoms with Crippen molar-refractivity contribution in [1.29, 1.82) is 0 Å². The van der Waals surface area contributed by atoms with Crippen LogP contribution in [0.3, 0.4) is 0 Å². The highest BCUT2D eigenvalue weighted by atomic mass is 16.2. The molecule has 1 aliphatic rings. The molecule has 17 heavy (non-hydrogen) atoms. The van der Waals surface area contributed by atoms with Crippen LogP contribution in [0.2, 0.25) is 0 Å². The van der Waals surface area contributed by atoms with Gasteiger partial charge in [0.2, 0.25) is 0 Å². The zero-order chi connectivity index (χ0) is 12.1. The molecule has 0 spiro atoms. The highest BCUT2D eigenvalue weighted by molar-refractivity contribution is 5.73. The molecule has 2 amide bonds. The summed E-state index contributed by atoms with van der Waals surface area (Å²) >= 11 is 0. The summed E-state index contributed by atoms with van der Waals surface area (Å²) in [6, 6.07) is 11.0. The Bertz CT molecular complexity index is 358. The van der Waals surface area contributed by atoms with Gasteiger partial charge in [-0.2, -0.15) is 0 Å². The fraction of sp³-hybridized carbons (Fsp3) is 0.462. The van der Waals surface area contributed by atoms with Crippen LogP contribution in [-0.4, -0.2) is 25.7 Å². The van der Waals surface area contributed by atoms with E-state index in [4.69, 9.17) is 0 Å². The van der Waals surface area contributed by atoms with Gasteiger partial charge in [0.05, 0.1) is 0 Å². The molecule has 2 rings (SSSR count). The first-order valence-electron chi connectivity index (χ1n) is 6.06. The third-order valence-corrected chi connectivity index (χ3v) is 3.18. The number of piperidine rings is 1. The molecule has 0 bridgehead atoms. The first kappa shape index (κ1) is 11.9. The molecule has 0 aliphatic carbocycles. The van der Waals surface area contributed by atoms with Crippen LogP contribution in [0.1, 0.15) is 24.4 Å². The van der Waals surface area contributed by atoms with E-state index in [-0.39, 0.29) is 12.1 Å². The van der Waals surface area contributed by atoms with Gasteiger partial charge >= 0.3 is 6.03 Å². The van der Waals surface area contributed by atoms with Crippen molar-refractivity contribution in [2.75, 3.05) is 13.6 Å². The highest BCUT2D eigenvalue weighted by Crippen LogP contribution is 2.22. The molecule has 3 N–H and O–H groups in total. The third kappa shape index (κ3) is 3.20. The Balaban J connectivity index is 1.84. The van der Waals surface area contributed by atoms with Gasteiger partial charge in [-0.1, -0.05) is 30.3 Å². The number of benzene rings is 1. The van der Waals surface area contributed by atoms with E-state index in [9.17, 15) is 4.79 Å². The van der Waals surface area contributed by atoms with Crippen LogP contribution in [-0.2, 0) is 0 Å². The van der Waals surface area contributed by atoms with E-state index in [1.165, 1.54) is 5.56 Å². The summed E-state index contributed by atoms with van der Waals surface area (Å²) in [6.07, 6.45) is 2.07. The maximum absolute atomic E-state index is 11.2. The third-order valence-electron chi connectivity index (χ3n) is 3.18. The lowest BCUT2D eigenvalue weighted by Crippen LogP contribution is -2.49. The van der Waals surface area contributed by atoms with Crippen LogP contribution in [0.25, 0.3) is 0 Å². The normalized spacial score (nSPS) is 24.1. The van der Waals surface area contributed by atoms with E-state index in [1.807, 2.05) is 6.07 Å². The summed E-state index contributed by atoms with van der Waals surface area (Å²) in [5, 5.41) is 8.98. The van der Waals surface area contributed by atoms with Crippen molar-refractivity contribution >= 4 is 6.03 Å². The molecule has 0 aromatic heterocycles. The Kier molecular flexibility index (Phi) is 3.98. The van der Waals surface area contributed by atoms with Crippen LogP contribution >= 0.6 is 0 Å². The minimum absolute atomic E-state index is 0.102. The minimum Gasteiger partial charge on any atom is -0.341 e. The second-order valence-electron chi connectivity index (χ2n) is 4.37. The molecule has 1 aromatic rings. The first-order valence-corrected chi connectivity index (χ1v) is 6.06. The van der Waals surface area contributed by atoms with Gasteiger partial charge in [-0.15, -0.1) is 0 Å². The van der Waals surface area contributed by atoms with E-state index >= 15 is 0 Å². The molecule has 2 unspecified atom stereocenters. The predicted molar refractivity (Wildman–Crippen MR) is 67.8 cm³/mol. The molecular formula is C13H19N3O. The summed E-state index contributed by atoms with van der Waals surface area (Å²) in [5.41, 5.74) is 1.32. The molecule has 92 valence electrons. The standard InChI is InChI=1S/C13H19N3O/c1-14-13(17)16-11-7-8-12(15-9-11)10-5-3-2-4-6-10/h2-6,11-12,15H,7-9H2,1H3,(H2,14,16,17). The smallest absolute Gasteiger partial charge is 0.314 e. The lowest BCUT2D eigenvalue weighted by Gasteiger charge is -2.30. The van der Waals surface area contributed by atoms with Crippen LogP contribution in [0.15, 0.2) is 30.3 Å². The molecule has 4 nitrogen and oxygen atoms in total. The van der Waals surface area contributed by atoms with Gasteiger partial charge in [-0.05, 0) is 18.4 Å². The van der Waals surface area contributed by atoms with Gasteiger partial charge in [0.15, 0.2) is 0 Å². The molecule has 0 radical (unpaired) electrons. The second-order valence-corrected chi connectivity index (χ2v) is 4.37. The molecule has 1 saturated heterocycles. The van der Waals surface area contributed by atoms with Crippen LogP contribution in [0.5, 0.6) is 0 Å². The number of amides is 2. The Morgan fingerprint density at radius 2 is 2.06 bits per heavy atom. The zero-order valence-electron chi connectivity index (χ0n) is 10.1. The SMILES string of the molecule is CNC(=O)NC1CCC(c2ccccc2)NC1. The molecule has 1 aromatic carbocycles. The molecule has 1 aliphatic heterocycles. The number of urea groups is 1. The number of carbonyl (C=O) groups is 1. The van der Waals surface area contributed by atoms with Crippen molar-refractivity contribution in [3.63, 3.8) is 0 Å².